The zero-order valence-corrected chi connectivity index (χ0v) is 12.3. The fraction of sp³-hybridized carbons (Fsp3) is 0.917. The van der Waals surface area contributed by atoms with Gasteiger partial charge >= 0.3 is 0 Å². The van der Waals surface area contributed by atoms with Crippen LogP contribution in [0, 0.1) is 11.3 Å². The lowest BCUT2D eigenvalue weighted by Crippen LogP contribution is -2.41. The Morgan fingerprint density at radius 2 is 2.00 bits per heavy atom. The van der Waals surface area contributed by atoms with Crippen LogP contribution in [0.2, 0.25) is 0 Å². The predicted molar refractivity (Wildman–Crippen MR) is 71.5 cm³/mol. The molecular weight excluding hydrogens is 250 g/mol. The monoisotopic (exact) mass is 273 g/mol. The standard InChI is InChI=1S/C12H23N3O2S/c1-4-12(9-13)18(16,17)15-8-7-11(10-15)14(5-2)6-3/h11-12H,4-8,10H2,1-3H3. The SMILES string of the molecule is CCC(C#N)S(=O)(=O)N1CCC(N(CC)CC)C1. The van der Waals surface area contributed by atoms with Gasteiger partial charge in [-0.25, -0.2) is 8.42 Å². The van der Waals surface area contributed by atoms with Crippen molar-refractivity contribution in [3.63, 3.8) is 0 Å². The third-order valence-corrected chi connectivity index (χ3v) is 5.90. The molecule has 5 nitrogen and oxygen atoms in total. The minimum absolute atomic E-state index is 0.297. The average molecular weight is 273 g/mol. The molecule has 0 spiro atoms. The molecule has 6 heteroatoms. The molecule has 0 amide bonds. The molecule has 1 aliphatic heterocycles. The van der Waals surface area contributed by atoms with Crippen LogP contribution in [0.25, 0.3) is 0 Å². The maximum atomic E-state index is 12.2. The number of rotatable bonds is 6. The van der Waals surface area contributed by atoms with Gasteiger partial charge in [0.2, 0.25) is 10.0 Å². The van der Waals surface area contributed by atoms with E-state index in [1.165, 1.54) is 4.31 Å². The first-order chi connectivity index (χ1) is 8.51. The summed E-state index contributed by atoms with van der Waals surface area (Å²) in [6, 6.07) is 2.19. The van der Waals surface area contributed by atoms with Crippen LogP contribution in [-0.2, 0) is 10.0 Å². The van der Waals surface area contributed by atoms with E-state index in [-0.39, 0.29) is 0 Å². The number of nitriles is 1. The largest absolute Gasteiger partial charge is 0.300 e. The van der Waals surface area contributed by atoms with E-state index < -0.39 is 15.3 Å². The summed E-state index contributed by atoms with van der Waals surface area (Å²) < 4.78 is 25.9. The second-order valence-electron chi connectivity index (χ2n) is 4.59. The Bertz CT molecular complexity index is 398. The van der Waals surface area contributed by atoms with E-state index in [2.05, 4.69) is 18.7 Å². The van der Waals surface area contributed by atoms with Crippen LogP contribution < -0.4 is 0 Å². The first-order valence-corrected chi connectivity index (χ1v) is 8.14. The summed E-state index contributed by atoms with van der Waals surface area (Å²) in [4.78, 5) is 2.28. The van der Waals surface area contributed by atoms with Gasteiger partial charge in [-0.2, -0.15) is 9.57 Å². The molecule has 1 saturated heterocycles. The van der Waals surface area contributed by atoms with Crippen molar-refractivity contribution in [2.24, 2.45) is 0 Å². The maximum Gasteiger partial charge on any atom is 0.230 e. The second kappa shape index (κ2) is 6.50. The van der Waals surface area contributed by atoms with Crippen molar-refractivity contribution in [2.45, 2.75) is 44.9 Å². The number of hydrogen-bond acceptors (Lipinski definition) is 4. The van der Waals surface area contributed by atoms with E-state index >= 15 is 0 Å². The number of hydrogen-bond donors (Lipinski definition) is 0. The number of likely N-dealkylation sites (N-methyl/N-ethyl adjacent to an activating group) is 1. The Labute approximate surface area is 110 Å². The van der Waals surface area contributed by atoms with Crippen LogP contribution in [-0.4, -0.2) is 55.1 Å². The highest BCUT2D eigenvalue weighted by molar-refractivity contribution is 7.90. The molecule has 1 fully saturated rings. The summed E-state index contributed by atoms with van der Waals surface area (Å²) in [5, 5.41) is 8.03. The van der Waals surface area contributed by atoms with Gasteiger partial charge in [-0.1, -0.05) is 20.8 Å². The van der Waals surface area contributed by atoms with Crippen molar-refractivity contribution in [2.75, 3.05) is 26.2 Å². The molecule has 0 N–H and O–H groups in total. The molecule has 1 heterocycles. The Kier molecular flexibility index (Phi) is 5.57. The fourth-order valence-electron chi connectivity index (χ4n) is 2.53. The molecule has 18 heavy (non-hydrogen) atoms. The van der Waals surface area contributed by atoms with Crippen LogP contribution in [0.15, 0.2) is 0 Å². The maximum absolute atomic E-state index is 12.2. The average Bonchev–Trinajstić information content (AvgIpc) is 2.82. The van der Waals surface area contributed by atoms with Crippen LogP contribution in [0.4, 0.5) is 0 Å². The van der Waals surface area contributed by atoms with Crippen molar-refractivity contribution in [3.05, 3.63) is 0 Å². The van der Waals surface area contributed by atoms with Gasteiger partial charge in [0.05, 0.1) is 6.07 Å². The van der Waals surface area contributed by atoms with Crippen molar-refractivity contribution in [1.29, 1.82) is 5.26 Å². The van der Waals surface area contributed by atoms with Crippen molar-refractivity contribution in [1.82, 2.24) is 9.21 Å². The van der Waals surface area contributed by atoms with Crippen LogP contribution in [0.3, 0.4) is 0 Å². The van der Waals surface area contributed by atoms with E-state index in [4.69, 9.17) is 5.26 Å². The van der Waals surface area contributed by atoms with Crippen LogP contribution in [0.1, 0.15) is 33.6 Å². The quantitative estimate of drug-likeness (QED) is 0.725. The summed E-state index contributed by atoms with van der Waals surface area (Å²) in [6.45, 7) is 8.86. The van der Waals surface area contributed by atoms with Gasteiger partial charge in [0.25, 0.3) is 0 Å². The van der Waals surface area contributed by atoms with E-state index in [0.717, 1.165) is 19.5 Å². The molecule has 0 saturated carbocycles. The Morgan fingerprint density at radius 3 is 2.44 bits per heavy atom. The Balaban J connectivity index is 2.75. The second-order valence-corrected chi connectivity index (χ2v) is 6.71. The highest BCUT2D eigenvalue weighted by Gasteiger charge is 2.37. The normalized spacial score (nSPS) is 23.2. The minimum atomic E-state index is -3.44. The molecule has 0 aromatic carbocycles. The van der Waals surface area contributed by atoms with E-state index in [0.29, 0.717) is 25.6 Å². The highest BCUT2D eigenvalue weighted by atomic mass is 32.2. The van der Waals surface area contributed by atoms with E-state index in [1.807, 2.05) is 6.07 Å². The summed E-state index contributed by atoms with van der Waals surface area (Å²) in [6.07, 6.45) is 1.22. The molecule has 1 aliphatic rings. The van der Waals surface area contributed by atoms with Crippen LogP contribution >= 0.6 is 0 Å². The molecule has 0 aromatic rings. The summed E-state index contributed by atoms with van der Waals surface area (Å²) >= 11 is 0. The molecule has 2 unspecified atom stereocenters. The summed E-state index contributed by atoms with van der Waals surface area (Å²) in [5.74, 6) is 0. The van der Waals surface area contributed by atoms with Crippen molar-refractivity contribution >= 4 is 10.0 Å². The third-order valence-electron chi connectivity index (χ3n) is 3.69. The zero-order valence-electron chi connectivity index (χ0n) is 11.5. The lowest BCUT2D eigenvalue weighted by atomic mass is 10.2. The molecule has 2 atom stereocenters. The Morgan fingerprint density at radius 1 is 1.39 bits per heavy atom. The molecule has 1 rings (SSSR count). The topological polar surface area (TPSA) is 64.4 Å². The van der Waals surface area contributed by atoms with Gasteiger partial charge in [0.1, 0.15) is 0 Å². The van der Waals surface area contributed by atoms with Gasteiger partial charge < -0.3 is 0 Å². The fourth-order valence-corrected chi connectivity index (χ4v) is 4.18. The van der Waals surface area contributed by atoms with Crippen molar-refractivity contribution < 1.29 is 8.42 Å². The molecule has 0 aliphatic carbocycles. The molecule has 104 valence electrons. The van der Waals surface area contributed by atoms with Gasteiger partial charge in [-0.3, -0.25) is 4.90 Å². The Hall–Kier alpha value is -0.640. The number of sulfonamides is 1. The molecule has 0 radical (unpaired) electrons. The highest BCUT2D eigenvalue weighted by Crippen LogP contribution is 2.22. The van der Waals surface area contributed by atoms with Gasteiger partial charge in [-0.05, 0) is 25.9 Å². The molecule has 0 bridgehead atoms. The molecule has 0 aromatic heterocycles. The smallest absolute Gasteiger partial charge is 0.230 e. The first-order valence-electron chi connectivity index (χ1n) is 6.63. The lowest BCUT2D eigenvalue weighted by Gasteiger charge is -2.26. The van der Waals surface area contributed by atoms with Crippen LogP contribution in [0.5, 0.6) is 0 Å². The summed E-state index contributed by atoms with van der Waals surface area (Å²) in [5.41, 5.74) is 0. The van der Waals surface area contributed by atoms with Gasteiger partial charge in [0, 0.05) is 19.1 Å². The molecular formula is C12H23N3O2S. The van der Waals surface area contributed by atoms with Gasteiger partial charge in [-0.15, -0.1) is 0 Å². The van der Waals surface area contributed by atoms with Gasteiger partial charge in [0.15, 0.2) is 5.25 Å². The van der Waals surface area contributed by atoms with E-state index in [1.54, 1.807) is 6.92 Å². The summed E-state index contributed by atoms with van der Waals surface area (Å²) in [7, 11) is -3.44. The van der Waals surface area contributed by atoms with E-state index in [9.17, 15) is 8.42 Å². The first kappa shape index (κ1) is 15.4. The van der Waals surface area contributed by atoms with Crippen molar-refractivity contribution in [3.8, 4) is 6.07 Å². The number of nitrogens with zero attached hydrogens (tertiary/aromatic N) is 3. The third kappa shape index (κ3) is 3.02. The zero-order chi connectivity index (χ0) is 13.8. The minimum Gasteiger partial charge on any atom is -0.300 e. The predicted octanol–water partition coefficient (Wildman–Crippen LogP) is 1.03. The lowest BCUT2D eigenvalue weighted by molar-refractivity contribution is 0.224.